The fourth-order valence-electron chi connectivity index (χ4n) is 5.08. The van der Waals surface area contributed by atoms with Crippen LogP contribution < -0.4 is 10.2 Å². The number of rotatable bonds is 5. The molecule has 37 heavy (non-hydrogen) atoms. The van der Waals surface area contributed by atoms with Gasteiger partial charge < -0.3 is 15.0 Å². The van der Waals surface area contributed by atoms with E-state index >= 15 is 0 Å². The molecule has 1 atom stereocenters. The normalized spacial score (nSPS) is 17.9. The molecule has 0 spiro atoms. The van der Waals surface area contributed by atoms with Crippen molar-refractivity contribution in [2.75, 3.05) is 31.2 Å². The lowest BCUT2D eigenvalue weighted by Gasteiger charge is -2.33. The van der Waals surface area contributed by atoms with Crippen LogP contribution in [0.5, 0.6) is 0 Å². The third-order valence-corrected chi connectivity index (χ3v) is 6.60. The highest BCUT2D eigenvalue weighted by Gasteiger charge is 2.43. The van der Waals surface area contributed by atoms with Crippen molar-refractivity contribution in [3.05, 3.63) is 102 Å². The van der Waals surface area contributed by atoms with Gasteiger partial charge in [-0.1, -0.05) is 78.9 Å². The van der Waals surface area contributed by atoms with E-state index in [2.05, 4.69) is 10.2 Å². The first-order valence-electron chi connectivity index (χ1n) is 12.8. The van der Waals surface area contributed by atoms with Crippen LogP contribution in [0.4, 0.5) is 5.69 Å². The lowest BCUT2D eigenvalue weighted by Crippen LogP contribution is -2.48. The van der Waals surface area contributed by atoms with Gasteiger partial charge in [0.15, 0.2) is 0 Å². The number of morpholine rings is 1. The Labute approximate surface area is 218 Å². The number of hydrogen-bond acceptors (Lipinski definition) is 4. The predicted octanol–water partition coefficient (Wildman–Crippen LogP) is 4.89. The van der Waals surface area contributed by atoms with E-state index in [0.717, 1.165) is 28.1 Å². The average Bonchev–Trinajstić information content (AvgIpc) is 3.17. The smallest absolute Gasteiger partial charge is 0.262 e. The Morgan fingerprint density at radius 2 is 1.46 bits per heavy atom. The zero-order valence-corrected chi connectivity index (χ0v) is 21.6. The van der Waals surface area contributed by atoms with Crippen molar-refractivity contribution < 1.29 is 14.3 Å². The molecular formula is C31H33N3O3. The van der Waals surface area contributed by atoms with Crippen LogP contribution in [-0.4, -0.2) is 48.6 Å². The van der Waals surface area contributed by atoms with Gasteiger partial charge in [-0.2, -0.15) is 0 Å². The fourth-order valence-corrected chi connectivity index (χ4v) is 5.08. The molecule has 6 heteroatoms. The summed E-state index contributed by atoms with van der Waals surface area (Å²) in [7, 11) is 0. The second kappa shape index (κ2) is 10.2. The summed E-state index contributed by atoms with van der Waals surface area (Å²) in [6, 6.07) is 26.5. The number of fused-ring (bicyclic) bond motifs is 1. The van der Waals surface area contributed by atoms with Crippen LogP contribution in [0.3, 0.4) is 0 Å². The van der Waals surface area contributed by atoms with Crippen molar-refractivity contribution in [2.24, 2.45) is 0 Å². The van der Waals surface area contributed by atoms with Crippen molar-refractivity contribution in [1.82, 2.24) is 10.2 Å². The molecule has 0 saturated carbocycles. The monoisotopic (exact) mass is 495 g/mol. The van der Waals surface area contributed by atoms with E-state index in [4.69, 9.17) is 4.74 Å². The van der Waals surface area contributed by atoms with E-state index in [-0.39, 0.29) is 11.8 Å². The number of carbonyl (C=O) groups excluding carboxylic acids is 2. The predicted molar refractivity (Wildman–Crippen MR) is 147 cm³/mol. The Bertz CT molecular complexity index is 1310. The first kappa shape index (κ1) is 24.8. The van der Waals surface area contributed by atoms with Crippen LogP contribution in [0.25, 0.3) is 11.3 Å². The second-order valence-corrected chi connectivity index (χ2v) is 10.4. The number of amides is 2. The molecule has 3 aromatic rings. The standard InChI is InChI=1S/C31H33N3O3/c1-31(2,3)32-29(35)28(23-14-8-5-9-15-23)34-25-17-11-10-16-24(25)26(30(34)36)27(22-12-6-4-7-13-22)33-18-20-37-21-19-33/h4-17,28H,18-21H2,1-3H3,(H,32,35)/b27-26-. The minimum absolute atomic E-state index is 0.176. The molecule has 1 unspecified atom stereocenters. The van der Waals surface area contributed by atoms with Crippen LogP contribution in [0, 0.1) is 0 Å². The highest BCUT2D eigenvalue weighted by Crippen LogP contribution is 2.45. The number of nitrogens with zero attached hydrogens (tertiary/aromatic N) is 2. The van der Waals surface area contributed by atoms with Gasteiger partial charge in [-0.25, -0.2) is 0 Å². The number of ether oxygens (including phenoxy) is 1. The molecule has 1 N–H and O–H groups in total. The molecule has 2 amide bonds. The molecular weight excluding hydrogens is 462 g/mol. The number of anilines is 1. The Kier molecular flexibility index (Phi) is 6.85. The topological polar surface area (TPSA) is 61.9 Å². The molecule has 0 aromatic heterocycles. The molecule has 1 saturated heterocycles. The molecule has 2 aliphatic heterocycles. The highest BCUT2D eigenvalue weighted by molar-refractivity contribution is 6.38. The summed E-state index contributed by atoms with van der Waals surface area (Å²) in [4.78, 5) is 32.2. The zero-order valence-electron chi connectivity index (χ0n) is 21.6. The van der Waals surface area contributed by atoms with Gasteiger partial charge in [0, 0.05) is 24.2 Å². The summed E-state index contributed by atoms with van der Waals surface area (Å²) in [5.74, 6) is -0.389. The quantitative estimate of drug-likeness (QED) is 0.512. The number of nitrogens with one attached hydrogen (secondary N) is 1. The summed E-state index contributed by atoms with van der Waals surface area (Å²) < 4.78 is 5.63. The van der Waals surface area contributed by atoms with Crippen LogP contribution >= 0.6 is 0 Å². The van der Waals surface area contributed by atoms with Crippen LogP contribution in [0.1, 0.15) is 43.5 Å². The summed E-state index contributed by atoms with van der Waals surface area (Å²) >= 11 is 0. The number of carbonyl (C=O) groups is 2. The van der Waals surface area contributed by atoms with E-state index in [9.17, 15) is 9.59 Å². The van der Waals surface area contributed by atoms with Gasteiger partial charge in [0.1, 0.15) is 6.04 Å². The van der Waals surface area contributed by atoms with Gasteiger partial charge in [-0.05, 0) is 38.0 Å². The van der Waals surface area contributed by atoms with Gasteiger partial charge in [-0.3, -0.25) is 14.5 Å². The van der Waals surface area contributed by atoms with Gasteiger partial charge in [0.05, 0.1) is 30.2 Å². The van der Waals surface area contributed by atoms with Crippen molar-refractivity contribution in [2.45, 2.75) is 32.4 Å². The van der Waals surface area contributed by atoms with Crippen molar-refractivity contribution in [3.63, 3.8) is 0 Å². The molecule has 3 aromatic carbocycles. The van der Waals surface area contributed by atoms with E-state index in [1.54, 1.807) is 4.90 Å². The maximum atomic E-state index is 14.5. The highest BCUT2D eigenvalue weighted by atomic mass is 16.5. The minimum atomic E-state index is -0.812. The molecule has 190 valence electrons. The molecule has 5 rings (SSSR count). The molecule has 1 fully saturated rings. The Hall–Kier alpha value is -3.90. The Balaban J connectivity index is 1.71. The van der Waals surface area contributed by atoms with Gasteiger partial charge >= 0.3 is 0 Å². The first-order chi connectivity index (χ1) is 17.8. The van der Waals surface area contributed by atoms with E-state index in [1.807, 2.05) is 106 Å². The van der Waals surface area contributed by atoms with E-state index in [1.165, 1.54) is 0 Å². The Morgan fingerprint density at radius 3 is 2.11 bits per heavy atom. The summed E-state index contributed by atoms with van der Waals surface area (Å²) in [6.45, 7) is 8.43. The summed E-state index contributed by atoms with van der Waals surface area (Å²) in [5.41, 5.74) is 4.36. The van der Waals surface area contributed by atoms with Gasteiger partial charge in [-0.15, -0.1) is 0 Å². The second-order valence-electron chi connectivity index (χ2n) is 10.4. The zero-order chi connectivity index (χ0) is 26.0. The number of para-hydroxylation sites is 1. The number of hydrogen-bond donors (Lipinski definition) is 1. The fraction of sp³-hybridized carbons (Fsp3) is 0.290. The van der Waals surface area contributed by atoms with E-state index < -0.39 is 11.6 Å². The molecule has 2 heterocycles. The van der Waals surface area contributed by atoms with Crippen molar-refractivity contribution in [3.8, 4) is 0 Å². The largest absolute Gasteiger partial charge is 0.378 e. The molecule has 0 radical (unpaired) electrons. The van der Waals surface area contributed by atoms with Crippen molar-refractivity contribution >= 4 is 28.8 Å². The lowest BCUT2D eigenvalue weighted by molar-refractivity contribution is -0.126. The maximum Gasteiger partial charge on any atom is 0.262 e. The molecule has 6 nitrogen and oxygen atoms in total. The maximum absolute atomic E-state index is 14.5. The summed E-state index contributed by atoms with van der Waals surface area (Å²) in [6.07, 6.45) is 0. The SMILES string of the molecule is CC(C)(C)NC(=O)C(c1ccccc1)N1C(=O)/C(=C(/c2ccccc2)N2CCOCC2)c2ccccc21. The number of benzene rings is 3. The third-order valence-electron chi connectivity index (χ3n) is 6.60. The lowest BCUT2D eigenvalue weighted by atomic mass is 9.99. The van der Waals surface area contributed by atoms with Crippen molar-refractivity contribution in [1.29, 1.82) is 0 Å². The Morgan fingerprint density at radius 1 is 0.865 bits per heavy atom. The minimum Gasteiger partial charge on any atom is -0.378 e. The average molecular weight is 496 g/mol. The van der Waals surface area contributed by atoms with Crippen LogP contribution in [0.2, 0.25) is 0 Å². The summed E-state index contributed by atoms with van der Waals surface area (Å²) in [5, 5.41) is 3.11. The van der Waals surface area contributed by atoms with Crippen LogP contribution in [-0.2, 0) is 14.3 Å². The molecule has 0 bridgehead atoms. The van der Waals surface area contributed by atoms with Gasteiger partial charge in [0.25, 0.3) is 5.91 Å². The third kappa shape index (κ3) is 5.02. The first-order valence-corrected chi connectivity index (χ1v) is 12.8. The van der Waals surface area contributed by atoms with Crippen LogP contribution in [0.15, 0.2) is 84.9 Å². The molecule has 2 aliphatic rings. The van der Waals surface area contributed by atoms with E-state index in [0.29, 0.717) is 31.9 Å². The molecule has 0 aliphatic carbocycles. The van der Waals surface area contributed by atoms with Gasteiger partial charge in [0.2, 0.25) is 5.91 Å².